The van der Waals surface area contributed by atoms with Gasteiger partial charge in [0.1, 0.15) is 0 Å². The quantitative estimate of drug-likeness (QED) is 0.893. The minimum absolute atomic E-state index is 0.107. The molecule has 0 bridgehead atoms. The Labute approximate surface area is 122 Å². The lowest BCUT2D eigenvalue weighted by molar-refractivity contribution is 0.107. The minimum atomic E-state index is -0.107. The standard InChI is InChI=1S/C14H19BrN2O2/c1-19-13-7-6-12(8-13)17-14(18)16-9-10-2-4-11(15)5-3-10/h2-5,12-13H,6-9H2,1H3,(H2,16,17,18)/t12-,13+/m0/s1. The SMILES string of the molecule is CO[C@@H]1CC[C@H](NC(=O)NCc2ccc(Br)cc2)C1. The third-order valence-electron chi connectivity index (χ3n) is 3.42. The van der Waals surface area contributed by atoms with Crippen molar-refractivity contribution in [1.82, 2.24) is 10.6 Å². The number of carbonyl (C=O) groups is 1. The summed E-state index contributed by atoms with van der Waals surface area (Å²) in [4.78, 5) is 11.8. The summed E-state index contributed by atoms with van der Waals surface area (Å²) in [6.45, 7) is 0.541. The lowest BCUT2D eigenvalue weighted by Gasteiger charge is -2.13. The van der Waals surface area contributed by atoms with Gasteiger partial charge in [0.15, 0.2) is 0 Å². The maximum Gasteiger partial charge on any atom is 0.315 e. The van der Waals surface area contributed by atoms with Crippen LogP contribution in [0.5, 0.6) is 0 Å². The molecule has 4 nitrogen and oxygen atoms in total. The average molecular weight is 327 g/mol. The van der Waals surface area contributed by atoms with E-state index in [1.54, 1.807) is 7.11 Å². The molecule has 1 aliphatic rings. The number of urea groups is 1. The first kappa shape index (κ1) is 14.3. The van der Waals surface area contributed by atoms with Gasteiger partial charge in [0.05, 0.1) is 6.10 Å². The summed E-state index contributed by atoms with van der Waals surface area (Å²) in [7, 11) is 1.72. The van der Waals surface area contributed by atoms with Crippen LogP contribution in [0, 0.1) is 0 Å². The number of methoxy groups -OCH3 is 1. The summed E-state index contributed by atoms with van der Waals surface area (Å²) in [5.74, 6) is 0. The van der Waals surface area contributed by atoms with E-state index in [-0.39, 0.29) is 18.2 Å². The van der Waals surface area contributed by atoms with Crippen LogP contribution >= 0.6 is 15.9 Å². The van der Waals surface area contributed by atoms with Gasteiger partial charge in [-0.25, -0.2) is 4.79 Å². The molecule has 2 N–H and O–H groups in total. The summed E-state index contributed by atoms with van der Waals surface area (Å²) in [5.41, 5.74) is 1.08. The Bertz CT molecular complexity index is 422. The highest BCUT2D eigenvalue weighted by Gasteiger charge is 2.25. The Balaban J connectivity index is 1.71. The van der Waals surface area contributed by atoms with Gasteiger partial charge in [0.2, 0.25) is 0 Å². The summed E-state index contributed by atoms with van der Waals surface area (Å²) < 4.78 is 6.33. The number of amides is 2. The van der Waals surface area contributed by atoms with Crippen molar-refractivity contribution in [2.24, 2.45) is 0 Å². The monoisotopic (exact) mass is 326 g/mol. The molecule has 2 amide bonds. The molecule has 1 fully saturated rings. The van der Waals surface area contributed by atoms with Crippen molar-refractivity contribution >= 4 is 22.0 Å². The van der Waals surface area contributed by atoms with Gasteiger partial charge in [-0.2, -0.15) is 0 Å². The average Bonchev–Trinajstić information content (AvgIpc) is 2.86. The van der Waals surface area contributed by atoms with Crippen LogP contribution in [-0.4, -0.2) is 25.3 Å². The second-order valence-corrected chi connectivity index (χ2v) is 5.74. The van der Waals surface area contributed by atoms with Crippen LogP contribution in [0.1, 0.15) is 24.8 Å². The highest BCUT2D eigenvalue weighted by molar-refractivity contribution is 9.10. The van der Waals surface area contributed by atoms with Crippen LogP contribution in [0.2, 0.25) is 0 Å². The summed E-state index contributed by atoms with van der Waals surface area (Å²) in [5, 5.41) is 5.86. The lowest BCUT2D eigenvalue weighted by Crippen LogP contribution is -2.40. The van der Waals surface area contributed by atoms with E-state index in [2.05, 4.69) is 26.6 Å². The van der Waals surface area contributed by atoms with Gasteiger partial charge in [-0.3, -0.25) is 0 Å². The van der Waals surface area contributed by atoms with Crippen molar-refractivity contribution in [3.05, 3.63) is 34.3 Å². The van der Waals surface area contributed by atoms with Crippen LogP contribution in [0.25, 0.3) is 0 Å². The fourth-order valence-corrected chi connectivity index (χ4v) is 2.57. The lowest BCUT2D eigenvalue weighted by atomic mass is 10.2. The molecule has 5 heteroatoms. The molecule has 0 radical (unpaired) electrons. The fourth-order valence-electron chi connectivity index (χ4n) is 2.31. The highest BCUT2D eigenvalue weighted by atomic mass is 79.9. The molecule has 19 heavy (non-hydrogen) atoms. The zero-order valence-electron chi connectivity index (χ0n) is 11.0. The number of hydrogen-bond donors (Lipinski definition) is 2. The van der Waals surface area contributed by atoms with Gasteiger partial charge in [0, 0.05) is 24.2 Å². The van der Waals surface area contributed by atoms with Crippen LogP contribution < -0.4 is 10.6 Å². The predicted molar refractivity (Wildman–Crippen MR) is 77.9 cm³/mol. The highest BCUT2D eigenvalue weighted by Crippen LogP contribution is 2.21. The Morgan fingerprint density at radius 3 is 2.74 bits per heavy atom. The summed E-state index contributed by atoms with van der Waals surface area (Å²) in [6, 6.07) is 8.03. The van der Waals surface area contributed by atoms with E-state index in [0.29, 0.717) is 6.54 Å². The maximum absolute atomic E-state index is 11.8. The Hall–Kier alpha value is -1.07. The van der Waals surface area contributed by atoms with Crippen LogP contribution in [0.3, 0.4) is 0 Å². The van der Waals surface area contributed by atoms with E-state index in [4.69, 9.17) is 4.74 Å². The molecule has 104 valence electrons. The predicted octanol–water partition coefficient (Wildman–Crippen LogP) is 2.82. The zero-order valence-corrected chi connectivity index (χ0v) is 12.6. The van der Waals surface area contributed by atoms with Gasteiger partial charge in [-0.15, -0.1) is 0 Å². The third kappa shape index (κ3) is 4.51. The molecule has 1 saturated carbocycles. The molecule has 2 rings (SSSR count). The molecule has 2 atom stereocenters. The molecule has 0 spiro atoms. The molecule has 0 heterocycles. The number of nitrogens with one attached hydrogen (secondary N) is 2. The van der Waals surface area contributed by atoms with Gasteiger partial charge in [-0.05, 0) is 37.0 Å². The second kappa shape index (κ2) is 6.91. The number of rotatable bonds is 4. The first-order valence-electron chi connectivity index (χ1n) is 6.49. The molecule has 1 aromatic rings. The van der Waals surface area contributed by atoms with E-state index in [1.807, 2.05) is 24.3 Å². The number of benzene rings is 1. The Morgan fingerprint density at radius 2 is 2.11 bits per heavy atom. The topological polar surface area (TPSA) is 50.4 Å². The van der Waals surface area contributed by atoms with Crippen LogP contribution in [0.4, 0.5) is 4.79 Å². The largest absolute Gasteiger partial charge is 0.381 e. The number of hydrogen-bond acceptors (Lipinski definition) is 2. The van der Waals surface area contributed by atoms with Crippen molar-refractivity contribution < 1.29 is 9.53 Å². The molecule has 1 aromatic carbocycles. The maximum atomic E-state index is 11.8. The van der Waals surface area contributed by atoms with E-state index < -0.39 is 0 Å². The van der Waals surface area contributed by atoms with Crippen LogP contribution in [-0.2, 0) is 11.3 Å². The molecule has 0 aromatic heterocycles. The van der Waals surface area contributed by atoms with Gasteiger partial charge < -0.3 is 15.4 Å². The van der Waals surface area contributed by atoms with Crippen molar-refractivity contribution in [3.63, 3.8) is 0 Å². The summed E-state index contributed by atoms with van der Waals surface area (Å²) >= 11 is 3.38. The molecule has 0 aliphatic heterocycles. The van der Waals surface area contributed by atoms with E-state index in [0.717, 1.165) is 29.3 Å². The van der Waals surface area contributed by atoms with Gasteiger partial charge >= 0.3 is 6.03 Å². The Kier molecular flexibility index (Phi) is 5.22. The number of carbonyl (C=O) groups excluding carboxylic acids is 1. The zero-order chi connectivity index (χ0) is 13.7. The van der Waals surface area contributed by atoms with Crippen molar-refractivity contribution in [2.45, 2.75) is 38.0 Å². The molecular weight excluding hydrogens is 308 g/mol. The van der Waals surface area contributed by atoms with Gasteiger partial charge in [-0.1, -0.05) is 28.1 Å². The van der Waals surface area contributed by atoms with Crippen molar-refractivity contribution in [3.8, 4) is 0 Å². The van der Waals surface area contributed by atoms with E-state index in [9.17, 15) is 4.79 Å². The first-order chi connectivity index (χ1) is 9.17. The summed E-state index contributed by atoms with van der Waals surface area (Å²) in [6.07, 6.45) is 3.21. The van der Waals surface area contributed by atoms with E-state index >= 15 is 0 Å². The number of ether oxygens (including phenoxy) is 1. The molecule has 0 unspecified atom stereocenters. The minimum Gasteiger partial charge on any atom is -0.381 e. The van der Waals surface area contributed by atoms with Crippen molar-refractivity contribution in [1.29, 1.82) is 0 Å². The second-order valence-electron chi connectivity index (χ2n) is 4.82. The van der Waals surface area contributed by atoms with Crippen LogP contribution in [0.15, 0.2) is 28.7 Å². The molecule has 0 saturated heterocycles. The first-order valence-corrected chi connectivity index (χ1v) is 7.28. The normalized spacial score (nSPS) is 22.2. The van der Waals surface area contributed by atoms with E-state index in [1.165, 1.54) is 0 Å². The molecule has 1 aliphatic carbocycles. The molecular formula is C14H19BrN2O2. The number of halogens is 1. The van der Waals surface area contributed by atoms with Gasteiger partial charge in [0.25, 0.3) is 0 Å². The fraction of sp³-hybridized carbons (Fsp3) is 0.500. The smallest absolute Gasteiger partial charge is 0.315 e. The third-order valence-corrected chi connectivity index (χ3v) is 3.95. The Morgan fingerprint density at radius 1 is 1.37 bits per heavy atom. The van der Waals surface area contributed by atoms with Crippen molar-refractivity contribution in [2.75, 3.05) is 7.11 Å².